The summed E-state index contributed by atoms with van der Waals surface area (Å²) in [6.45, 7) is 2.95. The minimum atomic E-state index is -0.462. The second-order valence-electron chi connectivity index (χ2n) is 4.76. The number of nitrogens with zero attached hydrogens (tertiary/aromatic N) is 2. The Labute approximate surface area is 140 Å². The van der Waals surface area contributed by atoms with Crippen LogP contribution in [0.3, 0.4) is 0 Å². The monoisotopic (exact) mass is 386 g/mol. The van der Waals surface area contributed by atoms with Gasteiger partial charge in [-0.15, -0.1) is 0 Å². The molecule has 1 fully saturated rings. The lowest BCUT2D eigenvalue weighted by molar-refractivity contribution is 0.120. The van der Waals surface area contributed by atoms with Crippen molar-refractivity contribution in [2.45, 2.75) is 0 Å². The zero-order valence-electron chi connectivity index (χ0n) is 11.6. The van der Waals surface area contributed by atoms with Gasteiger partial charge in [-0.3, -0.25) is 4.99 Å². The van der Waals surface area contributed by atoms with Crippen molar-refractivity contribution in [2.75, 3.05) is 31.2 Å². The predicted octanol–water partition coefficient (Wildman–Crippen LogP) is 4.42. The molecule has 3 rings (SSSR count). The Bertz CT molecular complexity index is 699. The highest BCUT2D eigenvalue weighted by molar-refractivity contribution is 9.10. The van der Waals surface area contributed by atoms with Crippen LogP contribution in [0.25, 0.3) is 0 Å². The van der Waals surface area contributed by atoms with E-state index in [0.29, 0.717) is 24.7 Å². The zero-order valence-corrected chi connectivity index (χ0v) is 13.9. The normalized spacial score (nSPS) is 15.7. The summed E-state index contributed by atoms with van der Waals surface area (Å²) in [4.78, 5) is 6.35. The lowest BCUT2D eigenvalue weighted by Crippen LogP contribution is -2.36. The summed E-state index contributed by atoms with van der Waals surface area (Å²) in [7, 11) is 0. The van der Waals surface area contributed by atoms with Crippen molar-refractivity contribution in [2.24, 2.45) is 4.99 Å². The molecule has 0 atom stereocenters. The molecule has 1 aromatic heterocycles. The van der Waals surface area contributed by atoms with E-state index in [2.05, 4.69) is 25.8 Å². The van der Waals surface area contributed by atoms with Crippen molar-refractivity contribution in [1.82, 2.24) is 0 Å². The second kappa shape index (κ2) is 6.81. The molecular formula is C15H13BrClFN2O2. The number of aliphatic imine (C=N–C) groups is 1. The van der Waals surface area contributed by atoms with E-state index in [9.17, 15) is 4.39 Å². The number of morpholine rings is 1. The number of ether oxygens (including phenoxy) is 1. The third kappa shape index (κ3) is 3.51. The second-order valence-corrected chi connectivity index (χ2v) is 6.02. The van der Waals surface area contributed by atoms with E-state index in [-0.39, 0.29) is 5.02 Å². The minimum Gasteiger partial charge on any atom is -0.438 e. The molecule has 1 saturated heterocycles. The molecule has 22 heavy (non-hydrogen) atoms. The van der Waals surface area contributed by atoms with Gasteiger partial charge in [-0.25, -0.2) is 4.39 Å². The smallest absolute Gasteiger partial charge is 0.210 e. The van der Waals surface area contributed by atoms with Crippen molar-refractivity contribution < 1.29 is 13.5 Å². The van der Waals surface area contributed by atoms with Crippen LogP contribution >= 0.6 is 27.5 Å². The molecule has 0 saturated carbocycles. The van der Waals surface area contributed by atoms with Crippen LogP contribution in [0.2, 0.25) is 5.02 Å². The van der Waals surface area contributed by atoms with Crippen molar-refractivity contribution in [3.63, 3.8) is 0 Å². The van der Waals surface area contributed by atoms with E-state index in [1.54, 1.807) is 12.3 Å². The highest BCUT2D eigenvalue weighted by Gasteiger charge is 2.18. The van der Waals surface area contributed by atoms with Gasteiger partial charge in [-0.1, -0.05) is 11.6 Å². The number of hydrogen-bond donors (Lipinski definition) is 0. The first-order valence-electron chi connectivity index (χ1n) is 6.74. The van der Waals surface area contributed by atoms with E-state index < -0.39 is 5.82 Å². The average Bonchev–Trinajstić information content (AvgIpc) is 2.90. The molecule has 4 nitrogen and oxygen atoms in total. The maximum absolute atomic E-state index is 13.1. The van der Waals surface area contributed by atoms with Crippen LogP contribution in [-0.4, -0.2) is 32.5 Å². The Morgan fingerprint density at radius 2 is 2.05 bits per heavy atom. The predicted molar refractivity (Wildman–Crippen MR) is 88.1 cm³/mol. The molecule has 0 N–H and O–H groups in total. The van der Waals surface area contributed by atoms with Crippen LogP contribution in [0.5, 0.6) is 0 Å². The number of furan rings is 1. The van der Waals surface area contributed by atoms with Crippen LogP contribution in [-0.2, 0) is 4.74 Å². The molecule has 0 amide bonds. The topological polar surface area (TPSA) is 38.0 Å². The van der Waals surface area contributed by atoms with Gasteiger partial charge in [0, 0.05) is 19.2 Å². The van der Waals surface area contributed by atoms with Gasteiger partial charge in [0.2, 0.25) is 5.88 Å². The molecule has 2 aromatic rings. The van der Waals surface area contributed by atoms with Gasteiger partial charge in [0.25, 0.3) is 0 Å². The minimum absolute atomic E-state index is 0.0456. The third-order valence-electron chi connectivity index (χ3n) is 3.23. The van der Waals surface area contributed by atoms with Gasteiger partial charge in [-0.05, 0) is 34.1 Å². The summed E-state index contributed by atoms with van der Waals surface area (Å²) in [5, 5.41) is 0.0456. The number of rotatable bonds is 3. The summed E-state index contributed by atoms with van der Waals surface area (Å²) in [5.41, 5.74) is 0.562. The van der Waals surface area contributed by atoms with Crippen molar-refractivity contribution in [3.05, 3.63) is 45.3 Å². The molecule has 0 aliphatic carbocycles. The van der Waals surface area contributed by atoms with Crippen LogP contribution in [0.15, 0.2) is 38.1 Å². The number of halogens is 3. The lowest BCUT2D eigenvalue weighted by Gasteiger charge is -2.26. The van der Waals surface area contributed by atoms with Gasteiger partial charge < -0.3 is 14.1 Å². The quantitative estimate of drug-likeness (QED) is 0.732. The van der Waals surface area contributed by atoms with Crippen molar-refractivity contribution in [1.29, 1.82) is 0 Å². The van der Waals surface area contributed by atoms with Gasteiger partial charge in [-0.2, -0.15) is 0 Å². The SMILES string of the molecule is Fc1ccc(N=Cc2cc(Br)c(N3CCOCC3)o2)cc1Cl. The van der Waals surface area contributed by atoms with Crippen molar-refractivity contribution in [3.8, 4) is 0 Å². The fraction of sp³-hybridized carbons (Fsp3) is 0.267. The van der Waals surface area contributed by atoms with Gasteiger partial charge in [0.1, 0.15) is 11.6 Å². The third-order valence-corrected chi connectivity index (χ3v) is 4.09. The largest absolute Gasteiger partial charge is 0.438 e. The summed E-state index contributed by atoms with van der Waals surface area (Å²) >= 11 is 9.22. The Hall–Kier alpha value is -1.37. The lowest BCUT2D eigenvalue weighted by atomic mass is 10.3. The standard InChI is InChI=1S/C15H13BrClFN2O2/c16-12-8-11(22-15(12)20-3-5-21-6-4-20)9-19-10-1-2-14(18)13(17)7-10/h1-2,7-9H,3-6H2. The number of benzene rings is 1. The van der Waals surface area contributed by atoms with E-state index in [0.717, 1.165) is 23.4 Å². The molecule has 1 aliphatic heterocycles. The Morgan fingerprint density at radius 3 is 2.77 bits per heavy atom. The fourth-order valence-electron chi connectivity index (χ4n) is 2.13. The first-order chi connectivity index (χ1) is 10.6. The summed E-state index contributed by atoms with van der Waals surface area (Å²) < 4.78 is 25.1. The fourth-order valence-corrected chi connectivity index (χ4v) is 2.86. The Morgan fingerprint density at radius 1 is 1.27 bits per heavy atom. The van der Waals surface area contributed by atoms with E-state index in [1.165, 1.54) is 12.1 Å². The van der Waals surface area contributed by atoms with Gasteiger partial charge in [0.05, 0.1) is 34.6 Å². The van der Waals surface area contributed by atoms with E-state index in [4.69, 9.17) is 20.8 Å². The maximum atomic E-state index is 13.1. The molecule has 1 aromatic carbocycles. The molecule has 1 aliphatic rings. The molecule has 2 heterocycles. The molecule has 0 unspecified atom stereocenters. The summed E-state index contributed by atoms with van der Waals surface area (Å²) in [6, 6.07) is 6.15. The summed E-state index contributed by atoms with van der Waals surface area (Å²) in [6.07, 6.45) is 1.58. The van der Waals surface area contributed by atoms with E-state index in [1.807, 2.05) is 6.07 Å². The molecule has 7 heteroatoms. The van der Waals surface area contributed by atoms with Crippen LogP contribution in [0.1, 0.15) is 5.76 Å². The maximum Gasteiger partial charge on any atom is 0.210 e. The van der Waals surface area contributed by atoms with Gasteiger partial charge >= 0.3 is 0 Å². The molecule has 0 radical (unpaired) electrons. The highest BCUT2D eigenvalue weighted by Crippen LogP contribution is 2.30. The Kier molecular flexibility index (Phi) is 4.81. The molecular weight excluding hydrogens is 375 g/mol. The average molecular weight is 388 g/mol. The van der Waals surface area contributed by atoms with E-state index >= 15 is 0 Å². The van der Waals surface area contributed by atoms with Crippen LogP contribution < -0.4 is 4.90 Å². The number of anilines is 1. The Balaban J connectivity index is 1.77. The molecule has 0 bridgehead atoms. The van der Waals surface area contributed by atoms with Crippen LogP contribution in [0, 0.1) is 5.82 Å². The molecule has 116 valence electrons. The first kappa shape index (κ1) is 15.5. The van der Waals surface area contributed by atoms with Crippen LogP contribution in [0.4, 0.5) is 16.0 Å². The highest BCUT2D eigenvalue weighted by atomic mass is 79.9. The van der Waals surface area contributed by atoms with Crippen molar-refractivity contribution >= 4 is 45.3 Å². The first-order valence-corrected chi connectivity index (χ1v) is 7.92. The number of hydrogen-bond acceptors (Lipinski definition) is 4. The van der Waals surface area contributed by atoms with Gasteiger partial charge in [0.15, 0.2) is 0 Å². The molecule has 0 spiro atoms. The zero-order chi connectivity index (χ0) is 15.5. The summed E-state index contributed by atoms with van der Waals surface area (Å²) in [5.74, 6) is 0.909.